The second-order valence-electron chi connectivity index (χ2n) is 3.55. The molecule has 0 amide bonds. The maximum atomic E-state index is 3.12. The lowest BCUT2D eigenvalue weighted by Crippen LogP contribution is -2.09. The molecule has 2 rings (SSSR count). The van der Waals surface area contributed by atoms with Gasteiger partial charge in [0.05, 0.1) is 6.42 Å². The zero-order valence-electron chi connectivity index (χ0n) is 8.67. The third-order valence-electron chi connectivity index (χ3n) is 2.60. The van der Waals surface area contributed by atoms with Crippen LogP contribution < -0.4 is 0 Å². The van der Waals surface area contributed by atoms with Gasteiger partial charge in [0, 0.05) is 18.6 Å². The third-order valence-corrected chi connectivity index (χ3v) is 2.60. The van der Waals surface area contributed by atoms with Gasteiger partial charge in [0.1, 0.15) is 0 Å². The molecule has 1 aromatic rings. The summed E-state index contributed by atoms with van der Waals surface area (Å²) < 4.78 is 2.30. The Hall–Kier alpha value is -1.55. The Bertz CT molecular complexity index is 444. The van der Waals surface area contributed by atoms with Crippen LogP contribution in [0.25, 0.3) is 0 Å². The molecule has 0 spiro atoms. The van der Waals surface area contributed by atoms with Crippen LogP contribution in [0.3, 0.4) is 0 Å². The maximum absolute atomic E-state index is 3.12. The summed E-state index contributed by atoms with van der Waals surface area (Å²) in [6.07, 6.45) is 1.07. The molecular weight excluding hydrogens is 170 g/mol. The largest absolute Gasteiger partial charge is 0.209 e. The normalized spacial score (nSPS) is 13.6. The van der Waals surface area contributed by atoms with Gasteiger partial charge in [-0.15, -0.1) is 5.92 Å². The standard InChI is InChI=1S/C13H14N/c1-3-4-9-14-11(2)10-12-7-5-6-8-13(12)14/h5-8H,9-10H2,1-2H3/q+1. The Morgan fingerprint density at radius 2 is 2.14 bits per heavy atom. The zero-order chi connectivity index (χ0) is 9.97. The molecule has 1 aromatic carbocycles. The summed E-state index contributed by atoms with van der Waals surface area (Å²) in [5, 5.41) is 0. The van der Waals surface area contributed by atoms with Gasteiger partial charge in [0.25, 0.3) is 0 Å². The number of nitrogens with zero attached hydrogens (tertiary/aromatic N) is 1. The summed E-state index contributed by atoms with van der Waals surface area (Å²) >= 11 is 0. The molecule has 1 heterocycles. The molecular formula is C13H14N+. The molecule has 0 bridgehead atoms. The van der Waals surface area contributed by atoms with Crippen LogP contribution in [0.2, 0.25) is 0 Å². The Morgan fingerprint density at radius 3 is 2.93 bits per heavy atom. The van der Waals surface area contributed by atoms with E-state index in [9.17, 15) is 0 Å². The lowest BCUT2D eigenvalue weighted by molar-refractivity contribution is -0.423. The molecule has 0 aliphatic carbocycles. The first-order valence-corrected chi connectivity index (χ1v) is 4.90. The van der Waals surface area contributed by atoms with Crippen molar-refractivity contribution in [3.8, 4) is 11.8 Å². The molecule has 1 nitrogen and oxygen atoms in total. The lowest BCUT2D eigenvalue weighted by Gasteiger charge is -1.95. The first-order valence-electron chi connectivity index (χ1n) is 4.90. The van der Waals surface area contributed by atoms with E-state index in [1.165, 1.54) is 17.0 Å². The van der Waals surface area contributed by atoms with Crippen molar-refractivity contribution < 1.29 is 4.58 Å². The second kappa shape index (κ2) is 3.67. The average molecular weight is 184 g/mol. The van der Waals surface area contributed by atoms with Crippen molar-refractivity contribution in [2.24, 2.45) is 0 Å². The van der Waals surface area contributed by atoms with Gasteiger partial charge in [-0.25, -0.2) is 0 Å². The minimum atomic E-state index is 0.819. The van der Waals surface area contributed by atoms with E-state index < -0.39 is 0 Å². The van der Waals surface area contributed by atoms with Gasteiger partial charge in [0.15, 0.2) is 5.71 Å². The molecule has 1 aliphatic heterocycles. The van der Waals surface area contributed by atoms with Crippen LogP contribution in [-0.2, 0) is 6.42 Å². The van der Waals surface area contributed by atoms with E-state index in [0.717, 1.165) is 13.0 Å². The van der Waals surface area contributed by atoms with E-state index >= 15 is 0 Å². The summed E-state index contributed by atoms with van der Waals surface area (Å²) in [5.74, 6) is 6.06. The molecule has 1 aliphatic rings. The van der Waals surface area contributed by atoms with Crippen LogP contribution in [-0.4, -0.2) is 16.8 Å². The number of hydrogen-bond acceptors (Lipinski definition) is 0. The summed E-state index contributed by atoms with van der Waals surface area (Å²) in [6, 6.07) is 8.55. The lowest BCUT2D eigenvalue weighted by atomic mass is 10.1. The molecule has 0 atom stereocenters. The molecule has 0 radical (unpaired) electrons. The molecule has 0 saturated heterocycles. The van der Waals surface area contributed by atoms with Gasteiger partial charge >= 0.3 is 0 Å². The van der Waals surface area contributed by atoms with Gasteiger partial charge in [0.2, 0.25) is 12.2 Å². The summed E-state index contributed by atoms with van der Waals surface area (Å²) in [7, 11) is 0. The van der Waals surface area contributed by atoms with Gasteiger partial charge in [-0.05, 0) is 12.8 Å². The molecule has 70 valence electrons. The summed E-state index contributed by atoms with van der Waals surface area (Å²) in [6.45, 7) is 4.88. The van der Waals surface area contributed by atoms with Crippen molar-refractivity contribution >= 4 is 11.4 Å². The van der Waals surface area contributed by atoms with Gasteiger partial charge < -0.3 is 0 Å². The summed E-state index contributed by atoms with van der Waals surface area (Å²) in [5.41, 5.74) is 4.14. The average Bonchev–Trinajstić information content (AvgIpc) is 2.51. The molecule has 0 saturated carbocycles. The van der Waals surface area contributed by atoms with E-state index in [2.05, 4.69) is 47.6 Å². The highest BCUT2D eigenvalue weighted by molar-refractivity contribution is 5.84. The monoisotopic (exact) mass is 184 g/mol. The molecule has 0 aromatic heterocycles. The number of hydrogen-bond donors (Lipinski definition) is 0. The quantitative estimate of drug-likeness (QED) is 0.465. The molecule has 1 heteroatoms. The van der Waals surface area contributed by atoms with Crippen LogP contribution in [0, 0.1) is 11.8 Å². The minimum Gasteiger partial charge on any atom is -0.188 e. The van der Waals surface area contributed by atoms with Gasteiger partial charge in [-0.2, -0.15) is 4.58 Å². The van der Waals surface area contributed by atoms with Crippen molar-refractivity contribution in [1.29, 1.82) is 0 Å². The minimum absolute atomic E-state index is 0.819. The zero-order valence-corrected chi connectivity index (χ0v) is 8.67. The van der Waals surface area contributed by atoms with Crippen molar-refractivity contribution in [2.45, 2.75) is 20.3 Å². The van der Waals surface area contributed by atoms with E-state index in [4.69, 9.17) is 0 Å². The second-order valence-corrected chi connectivity index (χ2v) is 3.55. The fourth-order valence-corrected chi connectivity index (χ4v) is 1.88. The molecule has 14 heavy (non-hydrogen) atoms. The van der Waals surface area contributed by atoms with Crippen LogP contribution in [0.15, 0.2) is 24.3 Å². The molecule has 0 unspecified atom stereocenters. The predicted octanol–water partition coefficient (Wildman–Crippen LogP) is 2.37. The third kappa shape index (κ3) is 1.44. The highest BCUT2D eigenvalue weighted by Gasteiger charge is 2.24. The predicted molar refractivity (Wildman–Crippen MR) is 59.1 cm³/mol. The first-order chi connectivity index (χ1) is 6.83. The fraction of sp³-hybridized carbons (Fsp3) is 0.308. The summed E-state index contributed by atoms with van der Waals surface area (Å²) in [4.78, 5) is 0. The number of para-hydroxylation sites is 1. The number of benzene rings is 1. The van der Waals surface area contributed by atoms with Crippen molar-refractivity contribution in [3.63, 3.8) is 0 Å². The highest BCUT2D eigenvalue weighted by Crippen LogP contribution is 2.25. The SMILES string of the molecule is CC#CC[N+]1=C(C)Cc2ccccc21. The Balaban J connectivity index is 2.39. The van der Waals surface area contributed by atoms with Crippen LogP contribution in [0.5, 0.6) is 0 Å². The fourth-order valence-electron chi connectivity index (χ4n) is 1.88. The van der Waals surface area contributed by atoms with E-state index in [1.54, 1.807) is 0 Å². The topological polar surface area (TPSA) is 3.01 Å². The first kappa shape index (κ1) is 9.02. The van der Waals surface area contributed by atoms with Gasteiger partial charge in [-0.1, -0.05) is 18.2 Å². The van der Waals surface area contributed by atoms with E-state index in [1.807, 2.05) is 6.92 Å². The van der Waals surface area contributed by atoms with Gasteiger partial charge in [-0.3, -0.25) is 0 Å². The molecule has 0 fully saturated rings. The van der Waals surface area contributed by atoms with E-state index in [0.29, 0.717) is 0 Å². The maximum Gasteiger partial charge on any atom is 0.209 e. The molecule has 0 N–H and O–H groups in total. The number of rotatable bonds is 1. The Morgan fingerprint density at radius 1 is 1.36 bits per heavy atom. The van der Waals surface area contributed by atoms with E-state index in [-0.39, 0.29) is 0 Å². The van der Waals surface area contributed by atoms with Crippen LogP contribution in [0.4, 0.5) is 5.69 Å². The highest BCUT2D eigenvalue weighted by atomic mass is 15.0. The van der Waals surface area contributed by atoms with Crippen molar-refractivity contribution in [3.05, 3.63) is 29.8 Å². The van der Waals surface area contributed by atoms with Crippen LogP contribution in [0.1, 0.15) is 19.4 Å². The smallest absolute Gasteiger partial charge is 0.188 e. The van der Waals surface area contributed by atoms with Crippen molar-refractivity contribution in [2.75, 3.05) is 6.54 Å². The van der Waals surface area contributed by atoms with Crippen LogP contribution >= 0.6 is 0 Å². The van der Waals surface area contributed by atoms with Crippen molar-refractivity contribution in [1.82, 2.24) is 0 Å². The Labute approximate surface area is 85.1 Å². The Kier molecular flexibility index (Phi) is 2.37. The number of fused-ring (bicyclic) bond motifs is 1.